The van der Waals surface area contributed by atoms with Gasteiger partial charge in [-0.05, 0) is 38.0 Å². The Kier molecular flexibility index (Phi) is 6.21. The molecule has 2 nitrogen and oxygen atoms in total. The first kappa shape index (κ1) is 18.0. The zero-order valence-corrected chi connectivity index (χ0v) is 14.0. The maximum absolute atomic E-state index is 4.54. The lowest BCUT2D eigenvalue weighted by Crippen LogP contribution is -2.38. The van der Waals surface area contributed by atoms with Crippen molar-refractivity contribution in [1.82, 2.24) is 10.3 Å². The molecule has 0 spiro atoms. The zero-order chi connectivity index (χ0) is 13.3. The van der Waals surface area contributed by atoms with Crippen LogP contribution in [0.5, 0.6) is 0 Å². The van der Waals surface area contributed by atoms with E-state index in [9.17, 15) is 0 Å². The topological polar surface area (TPSA) is 24.9 Å². The lowest BCUT2D eigenvalue weighted by molar-refractivity contribution is 0.393. The van der Waals surface area contributed by atoms with Gasteiger partial charge >= 0.3 is 0 Å². The van der Waals surface area contributed by atoms with Gasteiger partial charge in [-0.15, -0.1) is 24.8 Å². The molecule has 114 valence electrons. The predicted molar refractivity (Wildman–Crippen MR) is 92.5 cm³/mol. The summed E-state index contributed by atoms with van der Waals surface area (Å²) in [4.78, 5) is 4.54. The third kappa shape index (κ3) is 3.76. The van der Waals surface area contributed by atoms with Gasteiger partial charge in [-0.25, -0.2) is 0 Å². The molecule has 0 radical (unpaired) electrons. The molecule has 0 amide bonds. The Bertz CT molecular complexity index is 543. The Balaban J connectivity index is 0.00000110. The Morgan fingerprint density at radius 2 is 1.67 bits per heavy atom. The van der Waals surface area contributed by atoms with Gasteiger partial charge in [-0.3, -0.25) is 4.98 Å². The predicted octanol–water partition coefficient (Wildman–Crippen LogP) is 4.52. The molecule has 0 aliphatic carbocycles. The van der Waals surface area contributed by atoms with Crippen molar-refractivity contribution in [2.24, 2.45) is 0 Å². The quantitative estimate of drug-likeness (QED) is 0.878. The third-order valence-corrected chi connectivity index (χ3v) is 4.14. The van der Waals surface area contributed by atoms with E-state index < -0.39 is 0 Å². The fourth-order valence-electron chi connectivity index (χ4n) is 3.12. The number of nitrogens with one attached hydrogen (secondary N) is 1. The molecule has 21 heavy (non-hydrogen) atoms. The van der Waals surface area contributed by atoms with E-state index >= 15 is 0 Å². The second kappa shape index (κ2) is 7.26. The molecule has 1 fully saturated rings. The number of pyridine rings is 1. The summed E-state index contributed by atoms with van der Waals surface area (Å²) in [6.45, 7) is 4.55. The number of halogens is 2. The average Bonchev–Trinajstić information content (AvgIpc) is 2.77. The van der Waals surface area contributed by atoms with Crippen LogP contribution in [-0.4, -0.2) is 10.5 Å². The van der Waals surface area contributed by atoms with Gasteiger partial charge in [0.25, 0.3) is 0 Å². The summed E-state index contributed by atoms with van der Waals surface area (Å²) >= 11 is 0. The molecule has 1 aromatic heterocycles. The number of hydrogen-bond donors (Lipinski definition) is 1. The van der Waals surface area contributed by atoms with E-state index in [0.717, 1.165) is 6.42 Å². The Morgan fingerprint density at radius 3 is 2.29 bits per heavy atom. The molecule has 1 N–H and O–H groups in total. The SMILES string of the molecule is CC1(C)N[C@@H](c2ccccc2)C[C@H]1c1ccccn1.Cl.Cl. The third-order valence-electron chi connectivity index (χ3n) is 4.14. The van der Waals surface area contributed by atoms with Crippen molar-refractivity contribution in [3.05, 3.63) is 66.0 Å². The van der Waals surface area contributed by atoms with Gasteiger partial charge in [0.2, 0.25) is 0 Å². The van der Waals surface area contributed by atoms with Crippen LogP contribution in [-0.2, 0) is 0 Å². The average molecular weight is 325 g/mol. The molecule has 4 heteroatoms. The summed E-state index contributed by atoms with van der Waals surface area (Å²) in [5.41, 5.74) is 2.64. The fraction of sp³-hybridized carbons (Fsp3) is 0.353. The highest BCUT2D eigenvalue weighted by Gasteiger charge is 2.41. The van der Waals surface area contributed by atoms with Gasteiger partial charge in [-0.2, -0.15) is 0 Å². The van der Waals surface area contributed by atoms with Crippen LogP contribution in [0.2, 0.25) is 0 Å². The lowest BCUT2D eigenvalue weighted by atomic mass is 9.85. The van der Waals surface area contributed by atoms with Crippen molar-refractivity contribution >= 4 is 24.8 Å². The largest absolute Gasteiger partial charge is 0.304 e. The highest BCUT2D eigenvalue weighted by Crippen LogP contribution is 2.42. The van der Waals surface area contributed by atoms with Crippen LogP contribution in [0.1, 0.15) is 43.5 Å². The summed E-state index contributed by atoms with van der Waals surface area (Å²) in [6, 6.07) is 17.3. The summed E-state index contributed by atoms with van der Waals surface area (Å²) in [7, 11) is 0. The van der Waals surface area contributed by atoms with Gasteiger partial charge in [0, 0.05) is 29.4 Å². The van der Waals surface area contributed by atoms with Crippen LogP contribution in [0.3, 0.4) is 0 Å². The minimum absolute atomic E-state index is 0. The zero-order valence-electron chi connectivity index (χ0n) is 12.3. The van der Waals surface area contributed by atoms with Gasteiger partial charge in [0.1, 0.15) is 0 Å². The van der Waals surface area contributed by atoms with Gasteiger partial charge in [0.15, 0.2) is 0 Å². The Hall–Kier alpha value is -1.09. The highest BCUT2D eigenvalue weighted by molar-refractivity contribution is 5.85. The number of aromatic nitrogens is 1. The molecule has 2 heterocycles. The van der Waals surface area contributed by atoms with Crippen molar-refractivity contribution < 1.29 is 0 Å². The van der Waals surface area contributed by atoms with Crippen molar-refractivity contribution in [2.45, 2.75) is 37.8 Å². The summed E-state index contributed by atoms with van der Waals surface area (Å²) in [5, 5.41) is 3.76. The highest BCUT2D eigenvalue weighted by atomic mass is 35.5. The maximum Gasteiger partial charge on any atom is 0.0453 e. The van der Waals surface area contributed by atoms with Crippen molar-refractivity contribution in [1.29, 1.82) is 0 Å². The molecule has 2 atom stereocenters. The first-order valence-electron chi connectivity index (χ1n) is 6.90. The molecular formula is C17H22Cl2N2. The van der Waals surface area contributed by atoms with Crippen molar-refractivity contribution in [2.75, 3.05) is 0 Å². The molecule has 0 unspecified atom stereocenters. The molecule has 1 saturated heterocycles. The molecule has 1 aliphatic rings. The molecular weight excluding hydrogens is 303 g/mol. The summed E-state index contributed by atoms with van der Waals surface area (Å²) < 4.78 is 0. The number of hydrogen-bond acceptors (Lipinski definition) is 2. The minimum atomic E-state index is 0. The van der Waals surface area contributed by atoms with E-state index in [1.54, 1.807) is 0 Å². The van der Waals surface area contributed by atoms with E-state index in [-0.39, 0.29) is 30.4 Å². The van der Waals surface area contributed by atoms with Crippen LogP contribution >= 0.6 is 24.8 Å². The van der Waals surface area contributed by atoms with Crippen LogP contribution in [0, 0.1) is 0 Å². The molecule has 2 aromatic rings. The molecule has 3 rings (SSSR count). The second-order valence-corrected chi connectivity index (χ2v) is 5.87. The maximum atomic E-state index is 4.54. The van der Waals surface area contributed by atoms with Crippen molar-refractivity contribution in [3.63, 3.8) is 0 Å². The Labute approximate surface area is 139 Å². The van der Waals surface area contributed by atoms with Crippen LogP contribution in [0.4, 0.5) is 0 Å². The second-order valence-electron chi connectivity index (χ2n) is 5.87. The Morgan fingerprint density at radius 1 is 1.00 bits per heavy atom. The smallest absolute Gasteiger partial charge is 0.0453 e. The van der Waals surface area contributed by atoms with E-state index in [4.69, 9.17) is 0 Å². The molecule has 1 aliphatic heterocycles. The van der Waals surface area contributed by atoms with E-state index in [2.05, 4.69) is 66.6 Å². The van der Waals surface area contributed by atoms with E-state index in [0.29, 0.717) is 12.0 Å². The molecule has 0 bridgehead atoms. The normalized spacial score (nSPS) is 23.0. The standard InChI is InChI=1S/C17H20N2.2ClH/c1-17(2)14(15-10-6-7-11-18-15)12-16(19-17)13-8-4-3-5-9-13;;/h3-11,14,16,19H,12H2,1-2H3;2*1H/t14-,16+;;/m0../s1. The van der Waals surface area contributed by atoms with Crippen molar-refractivity contribution in [3.8, 4) is 0 Å². The van der Waals surface area contributed by atoms with Crippen LogP contribution in [0.15, 0.2) is 54.7 Å². The monoisotopic (exact) mass is 324 g/mol. The molecule has 0 saturated carbocycles. The number of benzene rings is 1. The van der Waals surface area contributed by atoms with Gasteiger partial charge in [0.05, 0.1) is 0 Å². The molecule has 1 aromatic carbocycles. The van der Waals surface area contributed by atoms with E-state index in [1.807, 2.05) is 12.3 Å². The fourth-order valence-corrected chi connectivity index (χ4v) is 3.12. The van der Waals surface area contributed by atoms with Gasteiger partial charge < -0.3 is 5.32 Å². The number of rotatable bonds is 2. The summed E-state index contributed by atoms with van der Waals surface area (Å²) in [5.74, 6) is 0.457. The lowest BCUT2D eigenvalue weighted by Gasteiger charge is -2.27. The first-order chi connectivity index (χ1) is 9.17. The van der Waals surface area contributed by atoms with Crippen LogP contribution < -0.4 is 5.32 Å². The first-order valence-corrected chi connectivity index (χ1v) is 6.90. The summed E-state index contributed by atoms with van der Waals surface area (Å²) in [6.07, 6.45) is 3.00. The van der Waals surface area contributed by atoms with Crippen LogP contribution in [0.25, 0.3) is 0 Å². The van der Waals surface area contributed by atoms with Gasteiger partial charge in [-0.1, -0.05) is 36.4 Å². The number of nitrogens with zero attached hydrogens (tertiary/aromatic N) is 1. The van der Waals surface area contributed by atoms with E-state index in [1.165, 1.54) is 11.3 Å². The minimum Gasteiger partial charge on any atom is -0.304 e.